The molecule has 0 amide bonds. The normalized spacial score (nSPS) is 17.6. The third-order valence-electron chi connectivity index (χ3n) is 5.52. The molecule has 0 unspecified atom stereocenters. The van der Waals surface area contributed by atoms with E-state index in [1.807, 2.05) is 47.5 Å². The largest absolute Gasteiger partial charge is 0.371 e. The molecule has 5 N–H and O–H groups in total. The average Bonchev–Trinajstić information content (AvgIpc) is 2.75. The van der Waals surface area contributed by atoms with Crippen molar-refractivity contribution in [1.82, 2.24) is 15.9 Å². The Hall–Kier alpha value is -3.10. The van der Waals surface area contributed by atoms with Crippen molar-refractivity contribution in [3.8, 4) is 0 Å². The number of nitrogens with two attached hydrogens (primary N) is 1. The fourth-order valence-electron chi connectivity index (χ4n) is 3.85. The van der Waals surface area contributed by atoms with Crippen LogP contribution in [0.5, 0.6) is 0 Å². The number of azide groups is 1. The average molecular weight is 391 g/mol. The van der Waals surface area contributed by atoms with Gasteiger partial charge in [-0.25, -0.2) is 15.4 Å². The Balaban J connectivity index is 1.52. The number of hydrogen-bond donors (Lipinski definition) is 4. The highest BCUT2D eigenvalue weighted by Gasteiger charge is 2.41. The SMILES string of the molecule is [N-]=[N+]=NCc1ccccc1CNNC1=Nc2ccccc2NC12CCN(N)CC2. The Labute approximate surface area is 169 Å². The van der Waals surface area contributed by atoms with Gasteiger partial charge < -0.3 is 10.7 Å². The minimum atomic E-state index is -0.276. The summed E-state index contributed by atoms with van der Waals surface area (Å²) in [6.07, 6.45) is 1.72. The first kappa shape index (κ1) is 19.2. The van der Waals surface area contributed by atoms with E-state index in [2.05, 4.69) is 32.3 Å². The van der Waals surface area contributed by atoms with Crippen molar-refractivity contribution in [2.24, 2.45) is 15.9 Å². The van der Waals surface area contributed by atoms with E-state index in [9.17, 15) is 0 Å². The van der Waals surface area contributed by atoms with E-state index in [0.29, 0.717) is 13.1 Å². The van der Waals surface area contributed by atoms with Crippen LogP contribution in [-0.2, 0) is 13.1 Å². The number of piperidine rings is 1. The van der Waals surface area contributed by atoms with Crippen LogP contribution in [0.2, 0.25) is 0 Å². The number of nitrogens with zero attached hydrogens (tertiary/aromatic N) is 5. The van der Waals surface area contributed by atoms with Crippen molar-refractivity contribution in [3.63, 3.8) is 0 Å². The molecule has 2 aromatic rings. The summed E-state index contributed by atoms with van der Waals surface area (Å²) in [5.41, 5.74) is 19.0. The van der Waals surface area contributed by atoms with Crippen LogP contribution in [0.4, 0.5) is 11.4 Å². The summed E-state index contributed by atoms with van der Waals surface area (Å²) in [5, 5.41) is 9.24. The van der Waals surface area contributed by atoms with E-state index in [1.54, 1.807) is 0 Å². The Morgan fingerprint density at radius 2 is 1.86 bits per heavy atom. The number of hydrazine groups is 2. The summed E-state index contributed by atoms with van der Waals surface area (Å²) >= 11 is 0. The number of rotatable bonds is 5. The summed E-state index contributed by atoms with van der Waals surface area (Å²) in [7, 11) is 0. The van der Waals surface area contributed by atoms with Crippen molar-refractivity contribution in [1.29, 1.82) is 0 Å². The molecule has 0 saturated carbocycles. The van der Waals surface area contributed by atoms with Gasteiger partial charge in [-0.1, -0.05) is 41.5 Å². The van der Waals surface area contributed by atoms with E-state index >= 15 is 0 Å². The van der Waals surface area contributed by atoms with Crippen LogP contribution in [0.3, 0.4) is 0 Å². The molecule has 9 nitrogen and oxygen atoms in total. The summed E-state index contributed by atoms with van der Waals surface area (Å²) in [4.78, 5) is 7.76. The lowest BCUT2D eigenvalue weighted by molar-refractivity contribution is 0.203. The third kappa shape index (κ3) is 4.18. The van der Waals surface area contributed by atoms with Crippen molar-refractivity contribution in [2.45, 2.75) is 31.5 Å². The zero-order valence-corrected chi connectivity index (χ0v) is 16.2. The number of fused-ring (bicyclic) bond motifs is 1. The van der Waals surface area contributed by atoms with E-state index in [4.69, 9.17) is 16.4 Å². The lowest BCUT2D eigenvalue weighted by Gasteiger charge is -2.44. The molecule has 2 aliphatic heterocycles. The fraction of sp³-hybridized carbons (Fsp3) is 0.350. The molecule has 0 atom stereocenters. The molecule has 0 aromatic heterocycles. The van der Waals surface area contributed by atoms with Gasteiger partial charge in [-0.15, -0.1) is 0 Å². The highest BCUT2D eigenvalue weighted by Crippen LogP contribution is 2.37. The first-order valence-electron chi connectivity index (χ1n) is 9.73. The lowest BCUT2D eigenvalue weighted by atomic mass is 9.85. The maximum Gasteiger partial charge on any atom is 0.142 e. The molecule has 0 aliphatic carbocycles. The second-order valence-electron chi connectivity index (χ2n) is 7.36. The van der Waals surface area contributed by atoms with Crippen LogP contribution in [-0.4, -0.2) is 29.5 Å². The number of anilines is 1. The highest BCUT2D eigenvalue weighted by molar-refractivity contribution is 6.00. The van der Waals surface area contributed by atoms with E-state index < -0.39 is 0 Å². The molecule has 2 aromatic carbocycles. The van der Waals surface area contributed by atoms with Crippen LogP contribution < -0.4 is 22.0 Å². The number of nitrogens with one attached hydrogen (secondary N) is 3. The second kappa shape index (κ2) is 8.50. The standard InChI is InChI=1S/C20H25N9/c21-28-24-14-16-6-2-1-5-15(16)13-23-27-19-20(9-11-29(22)12-10-20)26-18-8-4-3-7-17(18)25-19/h1-8,23,26H,9-14,22H2,(H,25,27). The molecule has 1 spiro atoms. The number of hydrogen-bond acceptors (Lipinski definition) is 7. The Morgan fingerprint density at radius 1 is 1.14 bits per heavy atom. The Kier molecular flexibility index (Phi) is 5.64. The topological polar surface area (TPSA) is 126 Å². The fourth-order valence-corrected chi connectivity index (χ4v) is 3.85. The lowest BCUT2D eigenvalue weighted by Crippen LogP contribution is -2.62. The van der Waals surface area contributed by atoms with E-state index in [-0.39, 0.29) is 5.54 Å². The number of aliphatic imine (C=N–C) groups is 1. The Bertz CT molecular complexity index is 940. The predicted molar refractivity (Wildman–Crippen MR) is 114 cm³/mol. The molecule has 2 aliphatic rings. The molecule has 1 saturated heterocycles. The third-order valence-corrected chi connectivity index (χ3v) is 5.52. The van der Waals surface area contributed by atoms with Crippen LogP contribution >= 0.6 is 0 Å². The van der Waals surface area contributed by atoms with Gasteiger partial charge in [-0.2, -0.15) is 0 Å². The predicted octanol–water partition coefficient (Wildman–Crippen LogP) is 2.96. The maximum absolute atomic E-state index is 8.60. The van der Waals surface area contributed by atoms with Gasteiger partial charge in [0.2, 0.25) is 0 Å². The van der Waals surface area contributed by atoms with Crippen LogP contribution in [0.15, 0.2) is 58.6 Å². The van der Waals surface area contributed by atoms with Crippen LogP contribution in [0.25, 0.3) is 10.4 Å². The Morgan fingerprint density at radius 3 is 2.66 bits per heavy atom. The molecule has 0 radical (unpaired) electrons. The van der Waals surface area contributed by atoms with E-state index in [0.717, 1.165) is 54.3 Å². The van der Waals surface area contributed by atoms with Gasteiger partial charge in [0.15, 0.2) is 0 Å². The van der Waals surface area contributed by atoms with Gasteiger partial charge in [-0.05, 0) is 41.6 Å². The molecule has 2 heterocycles. The number of benzene rings is 2. The molecular weight excluding hydrogens is 366 g/mol. The number of para-hydroxylation sites is 2. The highest BCUT2D eigenvalue weighted by atomic mass is 15.4. The smallest absolute Gasteiger partial charge is 0.142 e. The summed E-state index contributed by atoms with van der Waals surface area (Å²) < 4.78 is 0. The van der Waals surface area contributed by atoms with Crippen molar-refractivity contribution in [2.75, 3.05) is 18.4 Å². The van der Waals surface area contributed by atoms with Crippen molar-refractivity contribution in [3.05, 3.63) is 70.1 Å². The van der Waals surface area contributed by atoms with E-state index in [1.165, 1.54) is 0 Å². The number of amidine groups is 1. The minimum absolute atomic E-state index is 0.276. The molecule has 9 heteroatoms. The van der Waals surface area contributed by atoms with Crippen LogP contribution in [0.1, 0.15) is 24.0 Å². The van der Waals surface area contributed by atoms with Crippen molar-refractivity contribution < 1.29 is 0 Å². The zero-order valence-electron chi connectivity index (χ0n) is 16.2. The monoisotopic (exact) mass is 391 g/mol. The first-order valence-corrected chi connectivity index (χ1v) is 9.73. The van der Waals surface area contributed by atoms with Gasteiger partial charge in [0.05, 0.1) is 23.5 Å². The summed E-state index contributed by atoms with van der Waals surface area (Å²) in [6.45, 7) is 2.51. The molecule has 4 rings (SSSR count). The van der Waals surface area contributed by atoms with Gasteiger partial charge >= 0.3 is 0 Å². The van der Waals surface area contributed by atoms with Crippen molar-refractivity contribution >= 4 is 17.2 Å². The molecule has 150 valence electrons. The van der Waals surface area contributed by atoms with Gasteiger partial charge in [-0.3, -0.25) is 5.84 Å². The van der Waals surface area contributed by atoms with Gasteiger partial charge in [0.1, 0.15) is 5.84 Å². The zero-order chi connectivity index (χ0) is 20.1. The van der Waals surface area contributed by atoms with Gasteiger partial charge in [0.25, 0.3) is 0 Å². The maximum atomic E-state index is 8.60. The minimum Gasteiger partial charge on any atom is -0.371 e. The van der Waals surface area contributed by atoms with Gasteiger partial charge in [0, 0.05) is 24.5 Å². The quantitative estimate of drug-likeness (QED) is 0.205. The summed E-state index contributed by atoms with van der Waals surface area (Å²) in [6, 6.07) is 16.0. The van der Waals surface area contributed by atoms with Crippen LogP contribution in [0, 0.1) is 0 Å². The first-order chi connectivity index (χ1) is 14.2. The molecular formula is C20H25N9. The second-order valence-corrected chi connectivity index (χ2v) is 7.36. The molecule has 0 bridgehead atoms. The molecule has 1 fully saturated rings. The molecule has 29 heavy (non-hydrogen) atoms. The summed E-state index contributed by atoms with van der Waals surface area (Å²) in [5.74, 6) is 6.86.